The van der Waals surface area contributed by atoms with Gasteiger partial charge in [-0.05, 0) is 32.4 Å². The zero-order chi connectivity index (χ0) is 11.5. The Morgan fingerprint density at radius 1 is 1.38 bits per heavy atom. The molecule has 2 aliphatic heterocycles. The lowest BCUT2D eigenvalue weighted by Crippen LogP contribution is -2.44. The van der Waals surface area contributed by atoms with Gasteiger partial charge in [0.25, 0.3) is 0 Å². The molecule has 2 heterocycles. The molecule has 4 nitrogen and oxygen atoms in total. The van der Waals surface area contributed by atoms with Crippen molar-refractivity contribution in [3.63, 3.8) is 0 Å². The molecule has 2 unspecified atom stereocenters. The number of carbonyl (C=O) groups excluding carboxylic acids is 1. The summed E-state index contributed by atoms with van der Waals surface area (Å²) in [5.41, 5.74) is 0. The Bertz CT molecular complexity index is 257. The summed E-state index contributed by atoms with van der Waals surface area (Å²) in [5, 5.41) is 3.44. The highest BCUT2D eigenvalue weighted by atomic mass is 16.2. The Balaban J connectivity index is 1.77. The molecule has 2 atom stereocenters. The van der Waals surface area contributed by atoms with Crippen LogP contribution in [0.25, 0.3) is 0 Å². The normalized spacial score (nSPS) is 31.6. The zero-order valence-electron chi connectivity index (χ0n) is 10.4. The van der Waals surface area contributed by atoms with E-state index >= 15 is 0 Å². The topological polar surface area (TPSA) is 35.6 Å². The van der Waals surface area contributed by atoms with Gasteiger partial charge in [-0.15, -0.1) is 0 Å². The molecule has 16 heavy (non-hydrogen) atoms. The van der Waals surface area contributed by atoms with Crippen LogP contribution in [-0.4, -0.2) is 61.0 Å². The molecule has 2 saturated heterocycles. The maximum atomic E-state index is 11.7. The minimum atomic E-state index is 0.0734. The van der Waals surface area contributed by atoms with Gasteiger partial charge in [-0.25, -0.2) is 0 Å². The van der Waals surface area contributed by atoms with Gasteiger partial charge in [-0.1, -0.05) is 6.92 Å². The first-order valence-electron chi connectivity index (χ1n) is 6.44. The van der Waals surface area contributed by atoms with Crippen LogP contribution in [0.1, 0.15) is 26.2 Å². The van der Waals surface area contributed by atoms with Crippen LogP contribution in [-0.2, 0) is 4.79 Å². The van der Waals surface area contributed by atoms with Gasteiger partial charge >= 0.3 is 0 Å². The van der Waals surface area contributed by atoms with Crippen molar-refractivity contribution in [2.24, 2.45) is 0 Å². The Hall–Kier alpha value is -0.610. The Kier molecular flexibility index (Phi) is 3.82. The number of hydrogen-bond donors (Lipinski definition) is 1. The van der Waals surface area contributed by atoms with Crippen molar-refractivity contribution >= 4 is 5.91 Å². The highest BCUT2D eigenvalue weighted by molar-refractivity contribution is 5.83. The standard InChI is InChI=1S/C12H23N3O/c1-3-15-7-4-5-10(15)9-13-11-6-8-14(2)12(11)16/h10-11,13H,3-9H2,1-2H3. The van der Waals surface area contributed by atoms with Gasteiger partial charge in [0, 0.05) is 26.2 Å². The van der Waals surface area contributed by atoms with Crippen molar-refractivity contribution in [1.29, 1.82) is 0 Å². The van der Waals surface area contributed by atoms with Crippen LogP contribution in [0.5, 0.6) is 0 Å². The summed E-state index contributed by atoms with van der Waals surface area (Å²) in [6, 6.07) is 0.716. The van der Waals surface area contributed by atoms with E-state index < -0.39 is 0 Å². The van der Waals surface area contributed by atoms with E-state index in [9.17, 15) is 4.79 Å². The van der Waals surface area contributed by atoms with Gasteiger partial charge < -0.3 is 10.2 Å². The second kappa shape index (κ2) is 5.15. The molecule has 0 aliphatic carbocycles. The molecule has 1 amide bonds. The summed E-state index contributed by atoms with van der Waals surface area (Å²) >= 11 is 0. The van der Waals surface area contributed by atoms with Crippen molar-refractivity contribution in [2.75, 3.05) is 33.2 Å². The highest BCUT2D eigenvalue weighted by Gasteiger charge is 2.30. The molecule has 0 aromatic carbocycles. The number of amides is 1. The maximum absolute atomic E-state index is 11.7. The van der Waals surface area contributed by atoms with Crippen LogP contribution in [0.4, 0.5) is 0 Å². The molecule has 2 fully saturated rings. The quantitative estimate of drug-likeness (QED) is 0.747. The van der Waals surface area contributed by atoms with E-state index in [0.29, 0.717) is 6.04 Å². The van der Waals surface area contributed by atoms with E-state index in [-0.39, 0.29) is 11.9 Å². The molecule has 0 aromatic heterocycles. The molecule has 0 radical (unpaired) electrons. The third kappa shape index (κ3) is 2.38. The fraction of sp³-hybridized carbons (Fsp3) is 0.917. The lowest BCUT2D eigenvalue weighted by Gasteiger charge is -2.24. The summed E-state index contributed by atoms with van der Waals surface area (Å²) in [7, 11) is 1.89. The first kappa shape index (κ1) is 11.9. The summed E-state index contributed by atoms with van der Waals surface area (Å²) in [6.07, 6.45) is 3.55. The van der Waals surface area contributed by atoms with Crippen molar-refractivity contribution in [3.05, 3.63) is 0 Å². The molecular formula is C12H23N3O. The number of rotatable bonds is 4. The molecule has 2 aliphatic rings. The predicted molar refractivity (Wildman–Crippen MR) is 64.3 cm³/mol. The molecule has 1 N–H and O–H groups in total. The average molecular weight is 225 g/mol. The largest absolute Gasteiger partial charge is 0.344 e. The van der Waals surface area contributed by atoms with Crippen LogP contribution in [0.15, 0.2) is 0 Å². The minimum absolute atomic E-state index is 0.0734. The first-order valence-corrected chi connectivity index (χ1v) is 6.44. The van der Waals surface area contributed by atoms with E-state index in [4.69, 9.17) is 0 Å². The van der Waals surface area contributed by atoms with Crippen LogP contribution in [0.2, 0.25) is 0 Å². The number of nitrogens with one attached hydrogen (secondary N) is 1. The van der Waals surface area contributed by atoms with Crippen molar-refractivity contribution < 1.29 is 4.79 Å². The molecule has 4 heteroatoms. The van der Waals surface area contributed by atoms with E-state index in [1.54, 1.807) is 0 Å². The zero-order valence-corrected chi connectivity index (χ0v) is 10.4. The van der Waals surface area contributed by atoms with Gasteiger partial charge in [-0.3, -0.25) is 9.69 Å². The Labute approximate surface area is 98.0 Å². The lowest BCUT2D eigenvalue weighted by atomic mass is 10.2. The third-order valence-corrected chi connectivity index (χ3v) is 3.93. The van der Waals surface area contributed by atoms with Gasteiger partial charge in [0.1, 0.15) is 0 Å². The van der Waals surface area contributed by atoms with Gasteiger partial charge in [0.05, 0.1) is 6.04 Å². The Morgan fingerprint density at radius 3 is 2.81 bits per heavy atom. The second-order valence-electron chi connectivity index (χ2n) is 4.93. The molecule has 92 valence electrons. The molecule has 2 rings (SSSR count). The SMILES string of the molecule is CCN1CCCC1CNC1CCN(C)C1=O. The molecular weight excluding hydrogens is 202 g/mol. The second-order valence-corrected chi connectivity index (χ2v) is 4.93. The number of nitrogens with zero attached hydrogens (tertiary/aromatic N) is 2. The Morgan fingerprint density at radius 2 is 2.19 bits per heavy atom. The lowest BCUT2D eigenvalue weighted by molar-refractivity contribution is -0.128. The average Bonchev–Trinajstić information content (AvgIpc) is 2.86. The molecule has 0 saturated carbocycles. The number of likely N-dealkylation sites (N-methyl/N-ethyl adjacent to an activating group) is 2. The van der Waals surface area contributed by atoms with Crippen molar-refractivity contribution in [1.82, 2.24) is 15.1 Å². The summed E-state index contributed by atoms with van der Waals surface area (Å²) in [6.45, 7) is 6.44. The molecule has 0 bridgehead atoms. The summed E-state index contributed by atoms with van der Waals surface area (Å²) in [4.78, 5) is 16.0. The van der Waals surface area contributed by atoms with E-state index in [1.807, 2.05) is 11.9 Å². The number of hydrogen-bond acceptors (Lipinski definition) is 3. The van der Waals surface area contributed by atoms with E-state index in [2.05, 4.69) is 17.1 Å². The molecule has 0 aromatic rings. The predicted octanol–water partition coefficient (Wildman–Crippen LogP) is 0.291. The number of carbonyl (C=O) groups is 1. The van der Waals surface area contributed by atoms with E-state index in [1.165, 1.54) is 19.4 Å². The third-order valence-electron chi connectivity index (χ3n) is 3.93. The fourth-order valence-corrected chi connectivity index (χ4v) is 2.83. The van der Waals surface area contributed by atoms with Crippen molar-refractivity contribution in [3.8, 4) is 0 Å². The number of likely N-dealkylation sites (tertiary alicyclic amines) is 2. The van der Waals surface area contributed by atoms with Crippen LogP contribution in [0, 0.1) is 0 Å². The van der Waals surface area contributed by atoms with Crippen LogP contribution in [0.3, 0.4) is 0 Å². The minimum Gasteiger partial charge on any atom is -0.344 e. The maximum Gasteiger partial charge on any atom is 0.239 e. The first-order chi connectivity index (χ1) is 7.72. The van der Waals surface area contributed by atoms with Crippen LogP contribution < -0.4 is 5.32 Å². The van der Waals surface area contributed by atoms with Gasteiger partial charge in [-0.2, -0.15) is 0 Å². The van der Waals surface area contributed by atoms with Crippen LogP contribution >= 0.6 is 0 Å². The molecule has 0 spiro atoms. The van der Waals surface area contributed by atoms with Gasteiger partial charge in [0.2, 0.25) is 5.91 Å². The smallest absolute Gasteiger partial charge is 0.239 e. The van der Waals surface area contributed by atoms with E-state index in [0.717, 1.165) is 26.1 Å². The van der Waals surface area contributed by atoms with Gasteiger partial charge in [0.15, 0.2) is 0 Å². The fourth-order valence-electron chi connectivity index (χ4n) is 2.83. The van der Waals surface area contributed by atoms with Crippen molar-refractivity contribution in [2.45, 2.75) is 38.3 Å². The highest BCUT2D eigenvalue weighted by Crippen LogP contribution is 2.16. The summed E-state index contributed by atoms with van der Waals surface area (Å²) < 4.78 is 0. The monoisotopic (exact) mass is 225 g/mol. The summed E-state index contributed by atoms with van der Waals surface area (Å²) in [5.74, 6) is 0.265.